The highest BCUT2D eigenvalue weighted by molar-refractivity contribution is 7.22. The molecule has 0 unspecified atom stereocenters. The molecule has 13 heteroatoms. The second-order valence-corrected chi connectivity index (χ2v) is 12.7. The van der Waals surface area contributed by atoms with E-state index in [1.807, 2.05) is 62.4 Å². The zero-order chi connectivity index (χ0) is 31.8. The lowest BCUT2D eigenvalue weighted by molar-refractivity contribution is -0.158. The van der Waals surface area contributed by atoms with E-state index in [-0.39, 0.29) is 61.4 Å². The van der Waals surface area contributed by atoms with Gasteiger partial charge in [0.15, 0.2) is 5.13 Å². The van der Waals surface area contributed by atoms with E-state index in [0.29, 0.717) is 17.2 Å². The fourth-order valence-electron chi connectivity index (χ4n) is 6.18. The molecule has 3 heterocycles. The van der Waals surface area contributed by atoms with Crippen LogP contribution in [0.5, 0.6) is 5.75 Å². The Hall–Kier alpha value is -4.88. The van der Waals surface area contributed by atoms with Crippen LogP contribution in [0.25, 0.3) is 10.2 Å². The number of phenolic OH excluding ortho intramolecular Hbond substituents is 1. The minimum absolute atomic E-state index is 0.0543. The molecule has 0 aliphatic carbocycles. The Morgan fingerprint density at radius 2 is 1.87 bits per heavy atom. The van der Waals surface area contributed by atoms with E-state index in [2.05, 4.69) is 10.3 Å². The van der Waals surface area contributed by atoms with Gasteiger partial charge in [-0.3, -0.25) is 14.6 Å². The zero-order valence-electron chi connectivity index (χ0n) is 25.1. The van der Waals surface area contributed by atoms with E-state index in [0.717, 1.165) is 21.3 Å². The summed E-state index contributed by atoms with van der Waals surface area (Å²) in [6, 6.07) is 18.7. The second-order valence-electron chi connectivity index (χ2n) is 11.6. The number of aromatic hydroxyl groups is 1. The molecule has 6 N–H and O–H groups in total. The Balaban J connectivity index is 1.33. The summed E-state index contributed by atoms with van der Waals surface area (Å²) in [6.45, 7) is 4.49. The van der Waals surface area contributed by atoms with Crippen molar-refractivity contribution in [1.82, 2.24) is 30.1 Å². The van der Waals surface area contributed by atoms with E-state index < -0.39 is 12.2 Å². The van der Waals surface area contributed by atoms with Crippen molar-refractivity contribution in [2.75, 3.05) is 24.6 Å². The highest BCUT2D eigenvalue weighted by Crippen LogP contribution is 2.33. The number of hydrogen-bond acceptors (Lipinski definition) is 9. The fraction of sp³-hybridized carbons (Fsp3) is 0.312. The van der Waals surface area contributed by atoms with Crippen LogP contribution in [0.15, 0.2) is 66.7 Å². The lowest BCUT2D eigenvalue weighted by atomic mass is 9.99. The number of nitrogens with one attached hydrogen (secondary N) is 1. The Bertz CT molecular complexity index is 1750. The van der Waals surface area contributed by atoms with E-state index in [1.165, 1.54) is 17.4 Å². The third kappa shape index (κ3) is 5.96. The quantitative estimate of drug-likeness (QED) is 0.171. The van der Waals surface area contributed by atoms with Crippen molar-refractivity contribution < 1.29 is 19.5 Å². The second kappa shape index (κ2) is 12.3. The summed E-state index contributed by atoms with van der Waals surface area (Å²) in [5.41, 5.74) is 15.4. The van der Waals surface area contributed by atoms with E-state index in [4.69, 9.17) is 11.5 Å². The van der Waals surface area contributed by atoms with Gasteiger partial charge in [-0.1, -0.05) is 59.9 Å². The van der Waals surface area contributed by atoms with Crippen molar-refractivity contribution in [3.05, 3.63) is 83.4 Å². The topological polar surface area (TPSA) is 161 Å². The Kier molecular flexibility index (Phi) is 8.21. The van der Waals surface area contributed by atoms with Crippen LogP contribution in [0.1, 0.15) is 30.5 Å². The number of carbonyl (C=O) groups is 3. The van der Waals surface area contributed by atoms with Crippen LogP contribution < -0.4 is 16.8 Å². The van der Waals surface area contributed by atoms with Gasteiger partial charge in [0, 0.05) is 25.6 Å². The fourth-order valence-corrected chi connectivity index (χ4v) is 6.96. The molecule has 2 fully saturated rings. The van der Waals surface area contributed by atoms with Crippen LogP contribution in [0, 0.1) is 0 Å². The summed E-state index contributed by atoms with van der Waals surface area (Å²) in [5, 5.41) is 16.8. The molecule has 234 valence electrons. The van der Waals surface area contributed by atoms with Gasteiger partial charge in [-0.2, -0.15) is 5.01 Å². The van der Waals surface area contributed by atoms with Crippen molar-refractivity contribution in [3.63, 3.8) is 0 Å². The van der Waals surface area contributed by atoms with Crippen molar-refractivity contribution >= 4 is 50.2 Å². The number of hydrazine groups is 1. The van der Waals surface area contributed by atoms with Crippen molar-refractivity contribution in [2.24, 2.45) is 0 Å². The summed E-state index contributed by atoms with van der Waals surface area (Å²) in [5.74, 6) is -0.528. The van der Waals surface area contributed by atoms with Gasteiger partial charge < -0.3 is 31.7 Å². The molecule has 0 bridgehead atoms. The van der Waals surface area contributed by atoms with Gasteiger partial charge in [0.2, 0.25) is 11.8 Å². The van der Waals surface area contributed by atoms with Gasteiger partial charge in [-0.25, -0.2) is 9.78 Å². The third-order valence-electron chi connectivity index (χ3n) is 8.23. The highest BCUT2D eigenvalue weighted by atomic mass is 32.1. The third-order valence-corrected chi connectivity index (χ3v) is 9.08. The van der Waals surface area contributed by atoms with Crippen molar-refractivity contribution in [3.8, 4) is 5.75 Å². The molecule has 45 heavy (non-hydrogen) atoms. The predicted octanol–water partition coefficient (Wildman–Crippen LogP) is 3.13. The zero-order valence-corrected chi connectivity index (χ0v) is 25.9. The first-order valence-corrected chi connectivity index (χ1v) is 15.6. The van der Waals surface area contributed by atoms with Crippen LogP contribution in [0.4, 0.5) is 15.6 Å². The van der Waals surface area contributed by atoms with E-state index in [1.54, 1.807) is 32.0 Å². The average molecular weight is 629 g/mol. The predicted molar refractivity (Wildman–Crippen MR) is 172 cm³/mol. The van der Waals surface area contributed by atoms with Crippen molar-refractivity contribution in [1.29, 1.82) is 0 Å². The number of anilines is 2. The summed E-state index contributed by atoms with van der Waals surface area (Å²) >= 11 is 1.38. The number of carbonyl (C=O) groups excluding carboxylic acids is 3. The lowest BCUT2D eigenvalue weighted by Crippen LogP contribution is -2.66. The number of fused-ring (bicyclic) bond motifs is 2. The number of para-hydroxylation sites is 1. The first-order valence-electron chi connectivity index (χ1n) is 14.8. The molecule has 0 spiro atoms. The SMILES string of the molecule is CC(C)N(C(=O)NCc1ccccc1)N1CC(=O)N2[C@@H](Cc3ccc(O)c(N)c3)C(=O)N(Cc3cccc4sc(N)nc34)C[C@@H]21. The van der Waals surface area contributed by atoms with Crippen molar-refractivity contribution in [2.45, 2.75) is 51.6 Å². The Labute approximate surface area is 264 Å². The molecule has 3 aromatic carbocycles. The van der Waals surface area contributed by atoms with Gasteiger partial charge in [-0.05, 0) is 48.7 Å². The Morgan fingerprint density at radius 3 is 2.60 bits per heavy atom. The van der Waals surface area contributed by atoms with Crippen LogP contribution in [0.2, 0.25) is 0 Å². The lowest BCUT2D eigenvalue weighted by Gasteiger charge is -2.47. The number of rotatable bonds is 8. The molecule has 2 saturated heterocycles. The average Bonchev–Trinajstić information content (AvgIpc) is 3.55. The number of nitrogens with zero attached hydrogens (tertiary/aromatic N) is 5. The standard InChI is InChI=1S/C32H36N8O4S/c1-19(2)40(32(44)35-15-20-7-4-3-5-8-20)38-18-28(42)39-24(14-21-11-12-25(41)23(33)13-21)30(43)37(17-27(38)39)16-22-9-6-10-26-29(22)36-31(34)45-26/h3-13,19,24,27,41H,14-18,33H2,1-2H3,(H2,34,36)(H,35,44)/t24-,27+/m0/s1. The largest absolute Gasteiger partial charge is 0.506 e. The van der Waals surface area contributed by atoms with E-state index >= 15 is 0 Å². The first-order chi connectivity index (χ1) is 21.6. The van der Waals surface area contributed by atoms with E-state index in [9.17, 15) is 19.5 Å². The number of nitrogens with two attached hydrogens (primary N) is 2. The van der Waals surface area contributed by atoms with Gasteiger partial charge in [0.25, 0.3) is 0 Å². The maximum Gasteiger partial charge on any atom is 0.332 e. The molecular weight excluding hydrogens is 592 g/mol. The molecule has 4 aromatic rings. The minimum Gasteiger partial charge on any atom is -0.506 e. The molecule has 0 radical (unpaired) electrons. The van der Waals surface area contributed by atoms with Crippen LogP contribution >= 0.6 is 11.3 Å². The molecule has 12 nitrogen and oxygen atoms in total. The van der Waals surface area contributed by atoms with Gasteiger partial charge >= 0.3 is 6.03 Å². The maximum absolute atomic E-state index is 14.2. The van der Waals surface area contributed by atoms with Gasteiger partial charge in [0.05, 0.1) is 29.0 Å². The maximum atomic E-state index is 14.2. The molecule has 6 rings (SSSR count). The molecule has 2 aliphatic rings. The number of nitrogen functional groups attached to an aromatic ring is 2. The molecule has 4 amide bonds. The molecule has 0 saturated carbocycles. The van der Waals surface area contributed by atoms with Crippen LogP contribution in [0.3, 0.4) is 0 Å². The van der Waals surface area contributed by atoms with Gasteiger partial charge in [0.1, 0.15) is 18.0 Å². The smallest absolute Gasteiger partial charge is 0.332 e. The summed E-state index contributed by atoms with van der Waals surface area (Å²) in [7, 11) is 0. The number of hydrogen-bond donors (Lipinski definition) is 4. The monoisotopic (exact) mass is 628 g/mol. The number of thiazole rings is 1. The molecule has 1 aromatic heterocycles. The number of amides is 4. The van der Waals surface area contributed by atoms with Gasteiger partial charge in [-0.15, -0.1) is 0 Å². The number of piperazine rings is 1. The summed E-state index contributed by atoms with van der Waals surface area (Å²) in [6.07, 6.45) is -0.412. The Morgan fingerprint density at radius 1 is 1.09 bits per heavy atom. The minimum atomic E-state index is -0.855. The molecule has 2 atom stereocenters. The molecule has 2 aliphatic heterocycles. The number of aromatic nitrogens is 1. The van der Waals surface area contributed by atoms with Crippen LogP contribution in [-0.2, 0) is 29.1 Å². The van der Waals surface area contributed by atoms with Crippen LogP contribution in [-0.4, -0.2) is 79.1 Å². The highest BCUT2D eigenvalue weighted by Gasteiger charge is 2.52. The summed E-state index contributed by atoms with van der Waals surface area (Å²) < 4.78 is 0.922. The first kappa shape index (κ1) is 30.2. The number of benzene rings is 3. The summed E-state index contributed by atoms with van der Waals surface area (Å²) in [4.78, 5) is 49.4. The number of urea groups is 1. The normalized spacial score (nSPS) is 18.6. The number of phenols is 1. The molecular formula is C32H36N8O4S.